The van der Waals surface area contributed by atoms with Crippen LogP contribution in [0.2, 0.25) is 10.0 Å². The predicted molar refractivity (Wildman–Crippen MR) is 76.9 cm³/mol. The molecule has 1 aromatic rings. The fourth-order valence-corrected chi connectivity index (χ4v) is 2.06. The van der Waals surface area contributed by atoms with Crippen LogP contribution in [-0.2, 0) is 0 Å². The van der Waals surface area contributed by atoms with Gasteiger partial charge < -0.3 is 5.32 Å². The molecule has 0 aliphatic carbocycles. The van der Waals surface area contributed by atoms with Crippen LogP contribution in [0.4, 0.5) is 0 Å². The molecule has 0 radical (unpaired) electrons. The number of nitrogens with one attached hydrogen (secondary N) is 1. The Morgan fingerprint density at radius 3 is 2.65 bits per heavy atom. The third-order valence-electron chi connectivity index (χ3n) is 2.41. The van der Waals surface area contributed by atoms with Crippen LogP contribution in [0, 0.1) is 0 Å². The fourth-order valence-electron chi connectivity index (χ4n) is 1.64. The van der Waals surface area contributed by atoms with E-state index in [1.54, 1.807) is 0 Å². The van der Waals surface area contributed by atoms with E-state index in [1.807, 2.05) is 18.2 Å². The number of hydrogen-bond acceptors (Lipinski definition) is 1. The minimum atomic E-state index is 0.131. The van der Waals surface area contributed by atoms with Crippen LogP contribution < -0.4 is 5.32 Å². The minimum Gasteiger partial charge on any atom is -0.307 e. The summed E-state index contributed by atoms with van der Waals surface area (Å²) in [6.07, 6.45) is 3.26. The second-order valence-corrected chi connectivity index (χ2v) is 5.19. The zero-order valence-electron chi connectivity index (χ0n) is 10.6. The Labute approximate surface area is 114 Å². The van der Waals surface area contributed by atoms with Gasteiger partial charge in [-0.15, -0.1) is 0 Å². The van der Waals surface area contributed by atoms with Crippen molar-refractivity contribution in [2.75, 3.05) is 6.54 Å². The first-order valence-corrected chi connectivity index (χ1v) is 6.63. The van der Waals surface area contributed by atoms with Crippen molar-refractivity contribution in [3.63, 3.8) is 0 Å². The topological polar surface area (TPSA) is 12.0 Å². The molecule has 1 rings (SSSR count). The Kier molecular flexibility index (Phi) is 6.04. The third-order valence-corrected chi connectivity index (χ3v) is 2.99. The van der Waals surface area contributed by atoms with E-state index >= 15 is 0 Å². The molecule has 17 heavy (non-hydrogen) atoms. The predicted octanol–water partition coefficient (Wildman–Crippen LogP) is 5.00. The quantitative estimate of drug-likeness (QED) is 0.744. The molecule has 0 bridgehead atoms. The van der Waals surface area contributed by atoms with Crippen LogP contribution in [0.25, 0.3) is 0 Å². The molecule has 0 aliphatic rings. The molecule has 0 saturated carbocycles. The molecule has 0 fully saturated rings. The average Bonchev–Trinajstić information content (AvgIpc) is 2.27. The van der Waals surface area contributed by atoms with E-state index in [9.17, 15) is 0 Å². The van der Waals surface area contributed by atoms with Gasteiger partial charge in [-0.1, -0.05) is 41.8 Å². The highest BCUT2D eigenvalue weighted by atomic mass is 35.5. The zero-order valence-corrected chi connectivity index (χ0v) is 12.1. The molecule has 1 N–H and O–H groups in total. The first kappa shape index (κ1) is 14.6. The SMILES string of the molecule is CCCNC(C=C(C)C)c1cc(Cl)ccc1Cl. The van der Waals surface area contributed by atoms with Gasteiger partial charge in [0.25, 0.3) is 0 Å². The number of halogens is 2. The lowest BCUT2D eigenvalue weighted by Gasteiger charge is -2.17. The number of rotatable bonds is 5. The second-order valence-electron chi connectivity index (χ2n) is 4.34. The van der Waals surface area contributed by atoms with Crippen LogP contribution in [0.3, 0.4) is 0 Å². The molecular weight excluding hydrogens is 253 g/mol. The van der Waals surface area contributed by atoms with Gasteiger partial charge in [0.2, 0.25) is 0 Å². The first-order valence-electron chi connectivity index (χ1n) is 5.88. The summed E-state index contributed by atoms with van der Waals surface area (Å²) in [5.74, 6) is 0. The summed E-state index contributed by atoms with van der Waals surface area (Å²) < 4.78 is 0. The summed E-state index contributed by atoms with van der Waals surface area (Å²) in [5.41, 5.74) is 2.29. The van der Waals surface area contributed by atoms with Gasteiger partial charge in [-0.2, -0.15) is 0 Å². The molecule has 0 aromatic heterocycles. The fraction of sp³-hybridized carbons (Fsp3) is 0.429. The maximum absolute atomic E-state index is 6.23. The molecule has 1 atom stereocenters. The van der Waals surface area contributed by atoms with Crippen molar-refractivity contribution in [1.29, 1.82) is 0 Å². The monoisotopic (exact) mass is 271 g/mol. The summed E-state index contributed by atoms with van der Waals surface area (Å²) in [4.78, 5) is 0. The van der Waals surface area contributed by atoms with Crippen molar-refractivity contribution in [1.82, 2.24) is 5.32 Å². The van der Waals surface area contributed by atoms with Crippen molar-refractivity contribution in [2.45, 2.75) is 33.2 Å². The van der Waals surface area contributed by atoms with Crippen LogP contribution >= 0.6 is 23.2 Å². The van der Waals surface area contributed by atoms with Gasteiger partial charge in [0, 0.05) is 10.0 Å². The zero-order chi connectivity index (χ0) is 12.8. The molecule has 0 amide bonds. The molecule has 3 heteroatoms. The van der Waals surface area contributed by atoms with Gasteiger partial charge in [-0.3, -0.25) is 0 Å². The van der Waals surface area contributed by atoms with Crippen LogP contribution in [0.15, 0.2) is 29.8 Å². The van der Waals surface area contributed by atoms with E-state index in [0.29, 0.717) is 0 Å². The highest BCUT2D eigenvalue weighted by Gasteiger charge is 2.11. The lowest BCUT2D eigenvalue weighted by Crippen LogP contribution is -2.21. The standard InChI is InChI=1S/C14H19Cl2N/c1-4-7-17-14(8-10(2)3)12-9-11(15)5-6-13(12)16/h5-6,8-9,14,17H,4,7H2,1-3H3. The van der Waals surface area contributed by atoms with E-state index in [0.717, 1.165) is 28.6 Å². The maximum atomic E-state index is 6.23. The molecule has 94 valence electrons. The molecular formula is C14H19Cl2N. The van der Waals surface area contributed by atoms with Gasteiger partial charge in [-0.25, -0.2) is 0 Å². The Bertz CT molecular complexity index is 395. The van der Waals surface area contributed by atoms with Gasteiger partial charge in [0.1, 0.15) is 0 Å². The molecule has 0 aliphatic heterocycles. The smallest absolute Gasteiger partial charge is 0.0524 e. The van der Waals surface area contributed by atoms with E-state index < -0.39 is 0 Å². The number of hydrogen-bond donors (Lipinski definition) is 1. The Morgan fingerprint density at radius 1 is 1.35 bits per heavy atom. The van der Waals surface area contributed by atoms with Crippen molar-refractivity contribution in [2.24, 2.45) is 0 Å². The van der Waals surface area contributed by atoms with Crippen molar-refractivity contribution in [3.8, 4) is 0 Å². The molecule has 0 saturated heterocycles. The van der Waals surface area contributed by atoms with Gasteiger partial charge in [-0.05, 0) is 50.6 Å². The summed E-state index contributed by atoms with van der Waals surface area (Å²) in [5, 5.41) is 4.93. The average molecular weight is 272 g/mol. The third kappa shape index (κ3) is 4.71. The van der Waals surface area contributed by atoms with E-state index in [-0.39, 0.29) is 6.04 Å². The van der Waals surface area contributed by atoms with Crippen molar-refractivity contribution >= 4 is 23.2 Å². The summed E-state index contributed by atoms with van der Waals surface area (Å²) in [6, 6.07) is 5.72. The Morgan fingerprint density at radius 2 is 2.06 bits per heavy atom. The first-order chi connectivity index (χ1) is 8.04. The maximum Gasteiger partial charge on any atom is 0.0524 e. The lowest BCUT2D eigenvalue weighted by atomic mass is 10.0. The van der Waals surface area contributed by atoms with Gasteiger partial charge >= 0.3 is 0 Å². The lowest BCUT2D eigenvalue weighted by molar-refractivity contribution is 0.610. The Balaban J connectivity index is 3.03. The number of allylic oxidation sites excluding steroid dienone is 1. The normalized spacial score (nSPS) is 12.3. The van der Waals surface area contributed by atoms with Crippen LogP contribution in [0.5, 0.6) is 0 Å². The largest absolute Gasteiger partial charge is 0.307 e. The summed E-state index contributed by atoms with van der Waals surface area (Å²) in [6.45, 7) is 7.27. The van der Waals surface area contributed by atoms with E-state index in [1.165, 1.54) is 5.57 Å². The summed E-state index contributed by atoms with van der Waals surface area (Å²) in [7, 11) is 0. The molecule has 1 unspecified atom stereocenters. The minimum absolute atomic E-state index is 0.131. The molecule has 1 nitrogen and oxygen atoms in total. The summed E-state index contributed by atoms with van der Waals surface area (Å²) >= 11 is 12.2. The van der Waals surface area contributed by atoms with Crippen LogP contribution in [-0.4, -0.2) is 6.54 Å². The number of benzene rings is 1. The Hall–Kier alpha value is -0.500. The van der Waals surface area contributed by atoms with Crippen LogP contribution in [0.1, 0.15) is 38.8 Å². The van der Waals surface area contributed by atoms with E-state index in [2.05, 4.69) is 32.2 Å². The van der Waals surface area contributed by atoms with E-state index in [4.69, 9.17) is 23.2 Å². The molecule has 0 spiro atoms. The molecule has 1 aromatic carbocycles. The second kappa shape index (κ2) is 7.05. The highest BCUT2D eigenvalue weighted by Crippen LogP contribution is 2.27. The van der Waals surface area contributed by atoms with Crippen molar-refractivity contribution in [3.05, 3.63) is 45.5 Å². The van der Waals surface area contributed by atoms with Crippen molar-refractivity contribution < 1.29 is 0 Å². The van der Waals surface area contributed by atoms with Gasteiger partial charge in [0.15, 0.2) is 0 Å². The van der Waals surface area contributed by atoms with Gasteiger partial charge in [0.05, 0.1) is 6.04 Å². The highest BCUT2D eigenvalue weighted by molar-refractivity contribution is 6.33. The molecule has 0 heterocycles.